The van der Waals surface area contributed by atoms with Gasteiger partial charge in [0.1, 0.15) is 0 Å². The SMILES string of the molecule is c1ccc(-c2ccc(-c3ccc(N(c4ccccc4)c4ccc5c(c4)C(c4ccccc4)(c4ccccc4)c4cccc(-n6c7ccccc7c7ccccc76)c4-5)cc3)cc2)cc1. The van der Waals surface area contributed by atoms with Crippen molar-refractivity contribution in [1.82, 2.24) is 4.57 Å². The molecule has 10 aromatic carbocycles. The number of benzene rings is 10. The minimum atomic E-state index is -0.601. The van der Waals surface area contributed by atoms with E-state index >= 15 is 0 Å². The molecule has 0 aliphatic heterocycles. The average molecular weight is 803 g/mol. The smallest absolute Gasteiger partial charge is 0.0715 e. The van der Waals surface area contributed by atoms with E-state index in [2.05, 4.69) is 264 Å². The molecule has 0 bridgehead atoms. The Balaban J connectivity index is 1.07. The van der Waals surface area contributed by atoms with Crippen molar-refractivity contribution in [2.75, 3.05) is 4.90 Å². The Morgan fingerprint density at radius 1 is 0.317 bits per heavy atom. The summed E-state index contributed by atoms with van der Waals surface area (Å²) >= 11 is 0. The van der Waals surface area contributed by atoms with Crippen LogP contribution in [0.4, 0.5) is 17.1 Å². The van der Waals surface area contributed by atoms with Crippen molar-refractivity contribution in [1.29, 1.82) is 0 Å². The van der Waals surface area contributed by atoms with Crippen LogP contribution < -0.4 is 4.90 Å². The zero-order valence-corrected chi connectivity index (χ0v) is 34.6. The van der Waals surface area contributed by atoms with E-state index in [1.54, 1.807) is 0 Å². The van der Waals surface area contributed by atoms with Crippen LogP contribution in [0.2, 0.25) is 0 Å². The van der Waals surface area contributed by atoms with E-state index < -0.39 is 5.41 Å². The van der Waals surface area contributed by atoms with Gasteiger partial charge in [-0.3, -0.25) is 0 Å². The molecule has 0 radical (unpaired) electrons. The number of aromatic nitrogens is 1. The third kappa shape index (κ3) is 5.87. The molecule has 1 aromatic heterocycles. The summed E-state index contributed by atoms with van der Waals surface area (Å²) in [5.74, 6) is 0. The highest BCUT2D eigenvalue weighted by Crippen LogP contribution is 2.59. The van der Waals surface area contributed by atoms with E-state index in [0.717, 1.165) is 17.1 Å². The first-order valence-electron chi connectivity index (χ1n) is 21.8. The molecule has 0 amide bonds. The predicted molar refractivity (Wildman–Crippen MR) is 264 cm³/mol. The molecule has 0 unspecified atom stereocenters. The number of fused-ring (bicyclic) bond motifs is 6. The quantitative estimate of drug-likeness (QED) is 0.149. The number of anilines is 3. The van der Waals surface area contributed by atoms with Crippen molar-refractivity contribution in [3.05, 3.63) is 277 Å². The van der Waals surface area contributed by atoms with Gasteiger partial charge in [-0.1, -0.05) is 200 Å². The van der Waals surface area contributed by atoms with Crippen molar-refractivity contribution in [2.45, 2.75) is 5.41 Å². The Labute approximate surface area is 368 Å². The molecule has 0 fully saturated rings. The Morgan fingerprint density at radius 2 is 0.762 bits per heavy atom. The fraction of sp³-hybridized carbons (Fsp3) is 0.0164. The molecule has 1 aliphatic carbocycles. The minimum absolute atomic E-state index is 0.601. The van der Waals surface area contributed by atoms with Crippen LogP contribution in [0.15, 0.2) is 255 Å². The summed E-state index contributed by atoms with van der Waals surface area (Å²) in [6, 6.07) is 93.3. The minimum Gasteiger partial charge on any atom is -0.310 e. The zero-order valence-electron chi connectivity index (χ0n) is 34.6. The lowest BCUT2D eigenvalue weighted by Crippen LogP contribution is -2.28. The van der Waals surface area contributed by atoms with Gasteiger partial charge in [-0.25, -0.2) is 0 Å². The Bertz CT molecular complexity index is 3310. The average Bonchev–Trinajstić information content (AvgIpc) is 3.86. The van der Waals surface area contributed by atoms with Crippen molar-refractivity contribution in [3.8, 4) is 39.1 Å². The highest BCUT2D eigenvalue weighted by atomic mass is 15.1. The van der Waals surface area contributed by atoms with Gasteiger partial charge >= 0.3 is 0 Å². The molecule has 1 aliphatic rings. The summed E-state index contributed by atoms with van der Waals surface area (Å²) in [4.78, 5) is 2.40. The molecule has 2 heteroatoms. The predicted octanol–water partition coefficient (Wildman–Crippen LogP) is 16.0. The second kappa shape index (κ2) is 15.1. The van der Waals surface area contributed by atoms with Crippen molar-refractivity contribution in [2.24, 2.45) is 0 Å². The fourth-order valence-electron chi connectivity index (χ4n) is 10.3. The van der Waals surface area contributed by atoms with Crippen molar-refractivity contribution in [3.63, 3.8) is 0 Å². The molecule has 0 saturated heterocycles. The van der Waals surface area contributed by atoms with E-state index in [9.17, 15) is 0 Å². The van der Waals surface area contributed by atoms with Crippen molar-refractivity contribution >= 4 is 38.9 Å². The van der Waals surface area contributed by atoms with Gasteiger partial charge in [0.05, 0.1) is 22.1 Å². The molecule has 11 aromatic rings. The molecule has 1 heterocycles. The molecule has 0 spiro atoms. The number of hydrogen-bond acceptors (Lipinski definition) is 1. The summed E-state index contributed by atoms with van der Waals surface area (Å²) in [6.45, 7) is 0. The highest BCUT2D eigenvalue weighted by Gasteiger charge is 2.47. The molecule has 0 N–H and O–H groups in total. The number of rotatable bonds is 8. The lowest BCUT2D eigenvalue weighted by Gasteiger charge is -2.35. The maximum Gasteiger partial charge on any atom is 0.0715 e. The summed E-state index contributed by atoms with van der Waals surface area (Å²) < 4.78 is 2.49. The van der Waals surface area contributed by atoms with Crippen LogP contribution >= 0.6 is 0 Å². The second-order valence-corrected chi connectivity index (χ2v) is 16.4. The molecule has 2 nitrogen and oxygen atoms in total. The third-order valence-electron chi connectivity index (χ3n) is 13.1. The number of nitrogens with zero attached hydrogens (tertiary/aromatic N) is 2. The van der Waals surface area contributed by atoms with Gasteiger partial charge in [0.2, 0.25) is 0 Å². The maximum absolute atomic E-state index is 2.49. The number of para-hydroxylation sites is 3. The van der Waals surface area contributed by atoms with Crippen LogP contribution in [0.25, 0.3) is 60.9 Å². The van der Waals surface area contributed by atoms with Crippen LogP contribution in [-0.2, 0) is 5.41 Å². The Morgan fingerprint density at radius 3 is 1.33 bits per heavy atom. The molecule has 63 heavy (non-hydrogen) atoms. The van der Waals surface area contributed by atoms with Crippen molar-refractivity contribution < 1.29 is 0 Å². The van der Waals surface area contributed by atoms with Gasteiger partial charge in [-0.2, -0.15) is 0 Å². The molecule has 0 saturated carbocycles. The molecular weight excluding hydrogens is 761 g/mol. The van der Waals surface area contributed by atoms with Crippen LogP contribution in [0.5, 0.6) is 0 Å². The second-order valence-electron chi connectivity index (χ2n) is 16.4. The monoisotopic (exact) mass is 802 g/mol. The lowest BCUT2D eigenvalue weighted by atomic mass is 9.67. The summed E-state index contributed by atoms with van der Waals surface area (Å²) in [5.41, 5.74) is 18.6. The van der Waals surface area contributed by atoms with E-state index in [0.29, 0.717) is 0 Å². The van der Waals surface area contributed by atoms with E-state index in [-0.39, 0.29) is 0 Å². The molecule has 0 atom stereocenters. The van der Waals surface area contributed by atoms with Gasteiger partial charge in [-0.15, -0.1) is 0 Å². The van der Waals surface area contributed by atoms with Gasteiger partial charge in [0.15, 0.2) is 0 Å². The zero-order chi connectivity index (χ0) is 41.7. The van der Waals surface area contributed by atoms with Gasteiger partial charge in [0.25, 0.3) is 0 Å². The van der Waals surface area contributed by atoms with E-state index in [1.807, 2.05) is 0 Å². The topological polar surface area (TPSA) is 8.17 Å². The molecular formula is C61H42N2. The van der Waals surface area contributed by atoms with Crippen LogP contribution in [-0.4, -0.2) is 4.57 Å². The summed E-state index contributed by atoms with van der Waals surface area (Å²) in [6.07, 6.45) is 0. The van der Waals surface area contributed by atoms with E-state index in [1.165, 1.54) is 83.1 Å². The number of hydrogen-bond donors (Lipinski definition) is 0. The van der Waals surface area contributed by atoms with Gasteiger partial charge in [0, 0.05) is 33.4 Å². The fourth-order valence-corrected chi connectivity index (χ4v) is 10.3. The first kappa shape index (κ1) is 36.6. The van der Waals surface area contributed by atoms with E-state index in [4.69, 9.17) is 0 Å². The summed E-state index contributed by atoms with van der Waals surface area (Å²) in [7, 11) is 0. The largest absolute Gasteiger partial charge is 0.310 e. The van der Waals surface area contributed by atoms with Gasteiger partial charge < -0.3 is 9.47 Å². The first-order valence-corrected chi connectivity index (χ1v) is 21.8. The maximum atomic E-state index is 2.49. The van der Waals surface area contributed by atoms with Crippen LogP contribution in [0.1, 0.15) is 22.3 Å². The summed E-state index contributed by atoms with van der Waals surface area (Å²) in [5, 5.41) is 2.51. The normalized spacial score (nSPS) is 12.6. The van der Waals surface area contributed by atoms with Crippen LogP contribution in [0.3, 0.4) is 0 Å². The Hall–Kier alpha value is -8.20. The van der Waals surface area contributed by atoms with Gasteiger partial charge in [-0.05, 0) is 105 Å². The lowest BCUT2D eigenvalue weighted by molar-refractivity contribution is 0.768. The standard InChI is InChI=1S/C61H42N2/c1-5-18-43(19-6-1)44-32-34-45(35-33-44)46-36-38-50(39-37-46)62(49-24-11-4-12-25-49)51-40-41-54-56(42-51)61(47-20-7-2-8-21-47,48-22-9-3-10-23-48)55-28-17-31-59(60(54)55)63-57-29-15-13-26-52(57)53-27-14-16-30-58(53)63/h1-42H. The highest BCUT2D eigenvalue weighted by molar-refractivity contribution is 6.10. The van der Waals surface area contributed by atoms with Crippen LogP contribution in [0, 0.1) is 0 Å². The molecule has 12 rings (SSSR count). The molecule has 296 valence electrons. The Kier molecular flexibility index (Phi) is 8.76. The third-order valence-corrected chi connectivity index (χ3v) is 13.1. The first-order chi connectivity index (χ1) is 31.3.